The number of hydrogen-bond donors (Lipinski definition) is 2. The molecule has 2 fully saturated rings. The van der Waals surface area contributed by atoms with Crippen LogP contribution in [0.2, 0.25) is 0 Å². The molecular weight excluding hydrogens is 541 g/mol. The summed E-state index contributed by atoms with van der Waals surface area (Å²) in [5, 5.41) is 6.17. The zero-order valence-corrected chi connectivity index (χ0v) is 30.3. The van der Waals surface area contributed by atoms with E-state index in [1.165, 1.54) is 52.7 Å². The number of aryl methyl sites for hydroxylation is 1. The second-order valence-electron chi connectivity index (χ2n) is 11.7. The van der Waals surface area contributed by atoms with Gasteiger partial charge in [-0.3, -0.25) is 0 Å². The van der Waals surface area contributed by atoms with Gasteiger partial charge in [0.05, 0.1) is 0 Å². The van der Waals surface area contributed by atoms with Gasteiger partial charge in [0.15, 0.2) is 0 Å². The molecule has 0 aliphatic carbocycles. The van der Waals surface area contributed by atoms with E-state index in [1.807, 2.05) is 40.8 Å². The highest BCUT2D eigenvalue weighted by Crippen LogP contribution is 2.28. The summed E-state index contributed by atoms with van der Waals surface area (Å²) >= 11 is 0. The summed E-state index contributed by atoms with van der Waals surface area (Å²) in [6, 6.07) is 17.3. The minimum atomic E-state index is -0.912. The molecule has 0 unspecified atom stereocenters. The first kappa shape index (κ1) is 41.7. The molecule has 0 bridgehead atoms. The molecule has 0 spiro atoms. The second kappa shape index (κ2) is 25.0. The number of nitrogens with one attached hydrogen (secondary N) is 2. The zero-order valence-electron chi connectivity index (χ0n) is 30.3. The number of likely N-dealkylation sites (tertiary alicyclic amines) is 1. The van der Waals surface area contributed by atoms with Gasteiger partial charge in [0.1, 0.15) is 5.67 Å². The van der Waals surface area contributed by atoms with E-state index in [1.54, 1.807) is 0 Å². The normalized spacial score (nSPS) is 15.8. The van der Waals surface area contributed by atoms with E-state index in [0.717, 1.165) is 45.1 Å². The Kier molecular flexibility index (Phi) is 23.7. The number of halogens is 1. The van der Waals surface area contributed by atoms with Crippen LogP contribution in [0.25, 0.3) is 11.6 Å². The lowest BCUT2D eigenvalue weighted by atomic mass is 9.90. The molecule has 4 rings (SSSR count). The van der Waals surface area contributed by atoms with Crippen LogP contribution in [-0.4, -0.2) is 56.9 Å². The summed E-state index contributed by atoms with van der Waals surface area (Å²) in [5.74, 6) is 0.889. The number of nitrogens with zero attached hydrogens (tertiary/aromatic N) is 1. The summed E-state index contributed by atoms with van der Waals surface area (Å²) in [4.78, 5) is 2.34. The first-order valence-electron chi connectivity index (χ1n) is 17.5. The third-order valence-corrected chi connectivity index (χ3v) is 8.31. The summed E-state index contributed by atoms with van der Waals surface area (Å²) in [6.45, 7) is 28.4. The van der Waals surface area contributed by atoms with Gasteiger partial charge in [-0.25, -0.2) is 4.39 Å². The Morgan fingerprint density at radius 2 is 1.52 bits per heavy atom. The van der Waals surface area contributed by atoms with Gasteiger partial charge in [-0.1, -0.05) is 115 Å². The van der Waals surface area contributed by atoms with Crippen molar-refractivity contribution in [2.24, 2.45) is 5.92 Å². The van der Waals surface area contributed by atoms with E-state index in [0.29, 0.717) is 19.4 Å². The van der Waals surface area contributed by atoms with Crippen LogP contribution in [0.15, 0.2) is 60.7 Å². The number of alkyl halides is 1. The van der Waals surface area contributed by atoms with Crippen molar-refractivity contribution < 1.29 is 4.39 Å². The maximum Gasteiger partial charge on any atom is 0.126 e. The van der Waals surface area contributed by atoms with Crippen LogP contribution in [0.1, 0.15) is 110 Å². The summed E-state index contributed by atoms with van der Waals surface area (Å²) in [7, 11) is 1.93. The molecule has 2 aromatic rings. The lowest BCUT2D eigenvalue weighted by molar-refractivity contribution is 0.0457. The van der Waals surface area contributed by atoms with Gasteiger partial charge in [0, 0.05) is 6.54 Å². The molecule has 2 aliphatic rings. The number of hydrogen-bond acceptors (Lipinski definition) is 3. The Hall–Kier alpha value is -2.27. The van der Waals surface area contributed by atoms with Crippen LogP contribution in [-0.2, 0) is 6.42 Å². The van der Waals surface area contributed by atoms with Crippen molar-refractivity contribution in [3.8, 4) is 0 Å². The molecule has 0 saturated carbocycles. The number of rotatable bonds is 8. The van der Waals surface area contributed by atoms with Crippen molar-refractivity contribution in [3.05, 3.63) is 82.9 Å². The molecule has 250 valence electrons. The molecule has 4 heteroatoms. The average molecular weight is 610 g/mol. The molecule has 2 aliphatic heterocycles. The van der Waals surface area contributed by atoms with Gasteiger partial charge in [-0.15, -0.1) is 0 Å². The smallest absolute Gasteiger partial charge is 0.126 e. The van der Waals surface area contributed by atoms with E-state index in [9.17, 15) is 4.39 Å². The van der Waals surface area contributed by atoms with Crippen LogP contribution in [0.3, 0.4) is 0 Å². The molecule has 2 heterocycles. The van der Waals surface area contributed by atoms with Crippen molar-refractivity contribution in [2.75, 3.05) is 46.3 Å². The SMILES string of the molecule is C=Cc1ccc(CC(=C(C)C)c2ccccc2C)cc1.CC.CC.CCC1CCN(CC2(F)CCNCC2)CC1.CCNC. The Balaban J connectivity index is 0.000000690. The Morgan fingerprint density at radius 3 is 1.98 bits per heavy atom. The monoisotopic (exact) mass is 610 g/mol. The van der Waals surface area contributed by atoms with E-state index in [-0.39, 0.29) is 0 Å². The molecule has 44 heavy (non-hydrogen) atoms. The maximum absolute atomic E-state index is 14.5. The molecule has 2 saturated heterocycles. The Morgan fingerprint density at radius 1 is 0.977 bits per heavy atom. The maximum atomic E-state index is 14.5. The van der Waals surface area contributed by atoms with Gasteiger partial charge in [-0.05, 0) is 126 Å². The van der Waals surface area contributed by atoms with E-state index in [4.69, 9.17) is 0 Å². The summed E-state index contributed by atoms with van der Waals surface area (Å²) < 4.78 is 14.5. The highest BCUT2D eigenvalue weighted by atomic mass is 19.1. The van der Waals surface area contributed by atoms with Gasteiger partial charge in [0.25, 0.3) is 0 Å². The molecule has 2 aromatic carbocycles. The number of piperidine rings is 2. The van der Waals surface area contributed by atoms with E-state index in [2.05, 4.69) is 105 Å². The fraction of sp³-hybridized carbons (Fsp3) is 0.600. The Labute approximate surface area is 272 Å². The predicted octanol–water partition coefficient (Wildman–Crippen LogP) is 10.2. The van der Waals surface area contributed by atoms with Crippen molar-refractivity contribution in [1.82, 2.24) is 15.5 Å². The summed E-state index contributed by atoms with van der Waals surface area (Å²) in [6.07, 6.45) is 8.08. The first-order valence-corrected chi connectivity index (χ1v) is 17.5. The van der Waals surface area contributed by atoms with E-state index >= 15 is 0 Å². The van der Waals surface area contributed by atoms with E-state index < -0.39 is 5.67 Å². The van der Waals surface area contributed by atoms with Crippen molar-refractivity contribution >= 4 is 11.6 Å². The Bertz CT molecular complexity index is 1010. The van der Waals surface area contributed by atoms with Crippen LogP contribution >= 0.6 is 0 Å². The third-order valence-electron chi connectivity index (χ3n) is 8.31. The number of allylic oxidation sites excluding steroid dienone is 2. The predicted molar refractivity (Wildman–Crippen MR) is 197 cm³/mol. The molecule has 0 atom stereocenters. The minimum Gasteiger partial charge on any atom is -0.320 e. The number of benzene rings is 2. The molecule has 0 amide bonds. The highest BCUT2D eigenvalue weighted by molar-refractivity contribution is 5.72. The zero-order chi connectivity index (χ0) is 33.4. The lowest BCUT2D eigenvalue weighted by Gasteiger charge is -2.38. The van der Waals surface area contributed by atoms with Crippen LogP contribution in [0, 0.1) is 12.8 Å². The summed E-state index contributed by atoms with van der Waals surface area (Å²) in [5.41, 5.74) is 7.11. The van der Waals surface area contributed by atoms with Crippen LogP contribution in [0.4, 0.5) is 4.39 Å². The van der Waals surface area contributed by atoms with Crippen molar-refractivity contribution in [2.45, 2.75) is 107 Å². The molecule has 0 aromatic heterocycles. The average Bonchev–Trinajstić information content (AvgIpc) is 3.07. The topological polar surface area (TPSA) is 27.3 Å². The molecule has 2 N–H and O–H groups in total. The van der Waals surface area contributed by atoms with Gasteiger partial charge in [0.2, 0.25) is 0 Å². The fourth-order valence-electron chi connectivity index (χ4n) is 5.42. The fourth-order valence-corrected chi connectivity index (χ4v) is 5.42. The standard InChI is InChI=1S/C20H22.C13H25FN2.C3H9N.2C2H6/c1-5-17-10-12-18(13-11-17)14-20(15(2)3)19-9-7-6-8-16(19)4;1-2-12-3-9-16(10-4-12)11-13(14)5-7-15-8-6-13;1-3-4-2;2*1-2/h5-13H,1,14H2,2-4H3;12,15H,2-11H2,1H3;4H,3H2,1-2H3;2*1-2H3. The van der Waals surface area contributed by atoms with Crippen molar-refractivity contribution in [3.63, 3.8) is 0 Å². The molecule has 3 nitrogen and oxygen atoms in total. The van der Waals surface area contributed by atoms with Gasteiger partial charge >= 0.3 is 0 Å². The molecule has 0 radical (unpaired) electrons. The van der Waals surface area contributed by atoms with Gasteiger partial charge < -0.3 is 15.5 Å². The molecular formula is C40H68FN3. The van der Waals surface area contributed by atoms with Crippen molar-refractivity contribution in [1.29, 1.82) is 0 Å². The first-order chi connectivity index (χ1) is 21.2. The highest BCUT2D eigenvalue weighted by Gasteiger charge is 2.34. The minimum absolute atomic E-state index is 0.672. The van der Waals surface area contributed by atoms with Gasteiger partial charge in [-0.2, -0.15) is 0 Å². The third kappa shape index (κ3) is 16.2. The lowest BCUT2D eigenvalue weighted by Crippen LogP contribution is -2.48. The second-order valence-corrected chi connectivity index (χ2v) is 11.7. The quantitative estimate of drug-likeness (QED) is 0.312. The van der Waals surface area contributed by atoms with Crippen LogP contribution < -0.4 is 10.6 Å². The van der Waals surface area contributed by atoms with Crippen LogP contribution in [0.5, 0.6) is 0 Å². The largest absolute Gasteiger partial charge is 0.320 e.